The normalized spacial score (nSPS) is 20.1. The summed E-state index contributed by atoms with van der Waals surface area (Å²) in [6.07, 6.45) is 3.91. The van der Waals surface area contributed by atoms with Gasteiger partial charge in [-0.2, -0.15) is 0 Å². The summed E-state index contributed by atoms with van der Waals surface area (Å²) in [6.45, 7) is 5.87. The maximum absolute atomic E-state index is 5.92. The summed E-state index contributed by atoms with van der Waals surface area (Å²) < 4.78 is 11.6. The lowest BCUT2D eigenvalue weighted by atomic mass is 10.0. The molecule has 0 radical (unpaired) electrons. The van der Waals surface area contributed by atoms with E-state index in [0.717, 1.165) is 18.0 Å². The summed E-state index contributed by atoms with van der Waals surface area (Å²) in [7, 11) is 2.17. The van der Waals surface area contributed by atoms with Crippen LogP contribution < -0.4 is 15.2 Å². The predicted molar refractivity (Wildman–Crippen MR) is 82.4 cm³/mol. The number of likely N-dealkylation sites (tertiary alicyclic amines) is 1. The SMILES string of the molecule is CC(C)Oc1cc(N)cc(OCC2CCCCN2C)c1. The van der Waals surface area contributed by atoms with Crippen molar-refractivity contribution in [1.82, 2.24) is 4.90 Å². The summed E-state index contributed by atoms with van der Waals surface area (Å²) in [6, 6.07) is 6.11. The quantitative estimate of drug-likeness (QED) is 0.841. The molecule has 1 atom stereocenters. The van der Waals surface area contributed by atoms with Gasteiger partial charge in [0, 0.05) is 29.9 Å². The Morgan fingerprint density at radius 1 is 1.25 bits per heavy atom. The molecular formula is C16H26N2O2. The fourth-order valence-electron chi connectivity index (χ4n) is 2.56. The van der Waals surface area contributed by atoms with Gasteiger partial charge in [-0.15, -0.1) is 0 Å². The molecule has 1 fully saturated rings. The van der Waals surface area contributed by atoms with Crippen LogP contribution in [0.25, 0.3) is 0 Å². The second-order valence-electron chi connectivity index (χ2n) is 5.85. The highest BCUT2D eigenvalue weighted by Crippen LogP contribution is 2.26. The Hall–Kier alpha value is -1.42. The third-order valence-electron chi connectivity index (χ3n) is 3.64. The van der Waals surface area contributed by atoms with Gasteiger partial charge in [0.2, 0.25) is 0 Å². The summed E-state index contributed by atoms with van der Waals surface area (Å²) in [5, 5.41) is 0. The largest absolute Gasteiger partial charge is 0.492 e. The molecule has 1 aromatic rings. The fraction of sp³-hybridized carbons (Fsp3) is 0.625. The number of benzene rings is 1. The topological polar surface area (TPSA) is 47.7 Å². The highest BCUT2D eigenvalue weighted by molar-refractivity contribution is 5.50. The lowest BCUT2D eigenvalue weighted by molar-refractivity contribution is 0.125. The number of hydrogen-bond donors (Lipinski definition) is 1. The van der Waals surface area contributed by atoms with E-state index in [0.29, 0.717) is 18.3 Å². The van der Waals surface area contributed by atoms with Crippen LogP contribution in [-0.4, -0.2) is 37.2 Å². The minimum atomic E-state index is 0.133. The van der Waals surface area contributed by atoms with Crippen LogP contribution in [0.15, 0.2) is 18.2 Å². The van der Waals surface area contributed by atoms with Crippen LogP contribution in [0.4, 0.5) is 5.69 Å². The van der Waals surface area contributed by atoms with Gasteiger partial charge in [-0.1, -0.05) is 6.42 Å². The van der Waals surface area contributed by atoms with E-state index < -0.39 is 0 Å². The van der Waals surface area contributed by atoms with E-state index in [2.05, 4.69) is 11.9 Å². The Labute approximate surface area is 121 Å². The van der Waals surface area contributed by atoms with Crippen LogP contribution in [-0.2, 0) is 0 Å². The molecule has 1 saturated heterocycles. The van der Waals surface area contributed by atoms with E-state index in [1.54, 1.807) is 0 Å². The number of ether oxygens (including phenoxy) is 2. The molecular weight excluding hydrogens is 252 g/mol. The summed E-state index contributed by atoms with van der Waals surface area (Å²) in [4.78, 5) is 2.38. The van der Waals surface area contributed by atoms with Crippen molar-refractivity contribution in [1.29, 1.82) is 0 Å². The molecule has 4 heteroatoms. The van der Waals surface area contributed by atoms with Gasteiger partial charge in [0.05, 0.1) is 6.10 Å². The molecule has 2 N–H and O–H groups in total. The van der Waals surface area contributed by atoms with Gasteiger partial charge in [0.1, 0.15) is 18.1 Å². The zero-order chi connectivity index (χ0) is 14.5. The number of nitrogens with two attached hydrogens (primary N) is 1. The first kappa shape index (κ1) is 15.0. The molecule has 112 valence electrons. The van der Waals surface area contributed by atoms with Crippen LogP contribution in [0.1, 0.15) is 33.1 Å². The number of nitrogens with zero attached hydrogens (tertiary/aromatic N) is 1. The Bertz CT molecular complexity index is 434. The molecule has 20 heavy (non-hydrogen) atoms. The van der Waals surface area contributed by atoms with Crippen molar-refractivity contribution in [3.05, 3.63) is 18.2 Å². The van der Waals surface area contributed by atoms with Crippen LogP contribution in [0.3, 0.4) is 0 Å². The summed E-state index contributed by atoms with van der Waals surface area (Å²) in [5.41, 5.74) is 6.58. The second-order valence-corrected chi connectivity index (χ2v) is 5.85. The Balaban J connectivity index is 1.96. The zero-order valence-electron chi connectivity index (χ0n) is 12.8. The molecule has 1 heterocycles. The van der Waals surface area contributed by atoms with Gasteiger partial charge in [-0.3, -0.25) is 0 Å². The van der Waals surface area contributed by atoms with E-state index in [9.17, 15) is 0 Å². The molecule has 1 aliphatic rings. The van der Waals surface area contributed by atoms with Crippen molar-refractivity contribution in [3.8, 4) is 11.5 Å². The predicted octanol–water partition coefficient (Wildman–Crippen LogP) is 2.92. The van der Waals surface area contributed by atoms with Crippen LogP contribution in [0.2, 0.25) is 0 Å². The number of anilines is 1. The third-order valence-corrected chi connectivity index (χ3v) is 3.64. The van der Waals surface area contributed by atoms with Gasteiger partial charge >= 0.3 is 0 Å². The second kappa shape index (κ2) is 6.84. The highest BCUT2D eigenvalue weighted by Gasteiger charge is 2.19. The monoisotopic (exact) mass is 278 g/mol. The van der Waals surface area contributed by atoms with Crippen molar-refractivity contribution in [2.45, 2.75) is 45.3 Å². The number of nitrogen functional groups attached to an aromatic ring is 1. The molecule has 1 aliphatic heterocycles. The maximum atomic E-state index is 5.92. The van der Waals surface area contributed by atoms with E-state index in [4.69, 9.17) is 15.2 Å². The Morgan fingerprint density at radius 3 is 2.70 bits per heavy atom. The van der Waals surface area contributed by atoms with Gasteiger partial charge in [0.15, 0.2) is 0 Å². The van der Waals surface area contributed by atoms with Crippen molar-refractivity contribution in [2.24, 2.45) is 0 Å². The van der Waals surface area contributed by atoms with Crippen LogP contribution in [0.5, 0.6) is 11.5 Å². The number of likely N-dealkylation sites (N-methyl/N-ethyl adjacent to an activating group) is 1. The molecule has 0 spiro atoms. The molecule has 0 aromatic heterocycles. The van der Waals surface area contributed by atoms with Crippen molar-refractivity contribution in [3.63, 3.8) is 0 Å². The van der Waals surface area contributed by atoms with Gasteiger partial charge in [-0.05, 0) is 40.3 Å². The molecule has 4 nitrogen and oxygen atoms in total. The maximum Gasteiger partial charge on any atom is 0.125 e. The lowest BCUT2D eigenvalue weighted by Crippen LogP contribution is -2.40. The molecule has 0 amide bonds. The molecule has 0 aliphatic carbocycles. The molecule has 0 bridgehead atoms. The summed E-state index contributed by atoms with van der Waals surface area (Å²) >= 11 is 0. The first-order chi connectivity index (χ1) is 9.54. The molecule has 1 aromatic carbocycles. The van der Waals surface area contributed by atoms with Crippen molar-refractivity contribution in [2.75, 3.05) is 25.9 Å². The van der Waals surface area contributed by atoms with E-state index >= 15 is 0 Å². The fourth-order valence-corrected chi connectivity index (χ4v) is 2.56. The molecule has 0 saturated carbocycles. The van der Waals surface area contributed by atoms with Gasteiger partial charge in [-0.25, -0.2) is 0 Å². The van der Waals surface area contributed by atoms with Crippen LogP contribution >= 0.6 is 0 Å². The average molecular weight is 278 g/mol. The number of piperidine rings is 1. The zero-order valence-corrected chi connectivity index (χ0v) is 12.8. The Kier molecular flexibility index (Phi) is 5.12. The first-order valence-electron chi connectivity index (χ1n) is 7.45. The summed E-state index contributed by atoms with van der Waals surface area (Å²) in [5.74, 6) is 1.56. The Morgan fingerprint density at radius 2 is 2.00 bits per heavy atom. The lowest BCUT2D eigenvalue weighted by Gasteiger charge is -2.32. The van der Waals surface area contributed by atoms with Crippen molar-refractivity contribution < 1.29 is 9.47 Å². The standard InChI is InChI=1S/C16H26N2O2/c1-12(2)20-16-9-13(17)8-15(10-16)19-11-14-6-4-5-7-18(14)3/h8-10,12,14H,4-7,11,17H2,1-3H3. The third kappa shape index (κ3) is 4.30. The van der Waals surface area contributed by atoms with Gasteiger partial charge in [0.25, 0.3) is 0 Å². The minimum Gasteiger partial charge on any atom is -0.492 e. The van der Waals surface area contributed by atoms with E-state index in [-0.39, 0.29) is 6.10 Å². The molecule has 1 unspecified atom stereocenters. The van der Waals surface area contributed by atoms with E-state index in [1.807, 2.05) is 32.0 Å². The van der Waals surface area contributed by atoms with Crippen LogP contribution in [0, 0.1) is 0 Å². The minimum absolute atomic E-state index is 0.133. The number of hydrogen-bond acceptors (Lipinski definition) is 4. The number of rotatable bonds is 5. The van der Waals surface area contributed by atoms with Gasteiger partial charge < -0.3 is 20.1 Å². The first-order valence-corrected chi connectivity index (χ1v) is 7.45. The highest BCUT2D eigenvalue weighted by atomic mass is 16.5. The van der Waals surface area contributed by atoms with E-state index in [1.165, 1.54) is 19.3 Å². The average Bonchev–Trinajstić information content (AvgIpc) is 2.36. The molecule has 2 rings (SSSR count). The van der Waals surface area contributed by atoms with Crippen molar-refractivity contribution >= 4 is 5.69 Å². The smallest absolute Gasteiger partial charge is 0.125 e.